The van der Waals surface area contributed by atoms with E-state index < -0.39 is 0 Å². The van der Waals surface area contributed by atoms with Gasteiger partial charge in [-0.25, -0.2) is 0 Å². The van der Waals surface area contributed by atoms with E-state index in [1.165, 1.54) is 32.1 Å². The van der Waals surface area contributed by atoms with E-state index in [1.54, 1.807) is 6.92 Å². The van der Waals surface area contributed by atoms with Crippen LogP contribution in [0.2, 0.25) is 0 Å². The van der Waals surface area contributed by atoms with Gasteiger partial charge in [0.05, 0.1) is 0 Å². The third-order valence-electron chi connectivity index (χ3n) is 4.86. The molecule has 1 nitrogen and oxygen atoms in total. The first-order chi connectivity index (χ1) is 6.96. The Kier molecular flexibility index (Phi) is 2.68. The fraction of sp³-hybridized carbons (Fsp3) is 0.929. The van der Waals surface area contributed by atoms with Crippen molar-refractivity contribution in [3.63, 3.8) is 0 Å². The molecule has 0 aromatic rings. The molecular weight excluding hydrogens is 184 g/mol. The van der Waals surface area contributed by atoms with Crippen LogP contribution in [-0.2, 0) is 4.79 Å². The van der Waals surface area contributed by atoms with E-state index in [0.717, 1.165) is 18.8 Å². The summed E-state index contributed by atoms with van der Waals surface area (Å²) in [4.78, 5) is 11.1. The van der Waals surface area contributed by atoms with Gasteiger partial charge in [-0.1, -0.05) is 20.3 Å². The summed E-state index contributed by atoms with van der Waals surface area (Å²) >= 11 is 0. The minimum Gasteiger partial charge on any atom is -0.300 e. The van der Waals surface area contributed by atoms with Gasteiger partial charge in [-0.2, -0.15) is 0 Å². The molecule has 0 N–H and O–H groups in total. The highest BCUT2D eigenvalue weighted by molar-refractivity contribution is 5.75. The third-order valence-corrected chi connectivity index (χ3v) is 4.86. The SMILES string of the molecule is CC(=O)CCC1C(C)(C)CCCC12CC2. The van der Waals surface area contributed by atoms with E-state index in [1.807, 2.05) is 0 Å². The van der Waals surface area contributed by atoms with Crippen LogP contribution in [0.3, 0.4) is 0 Å². The topological polar surface area (TPSA) is 17.1 Å². The van der Waals surface area contributed by atoms with Gasteiger partial charge in [0.15, 0.2) is 0 Å². The minimum atomic E-state index is 0.368. The molecule has 1 unspecified atom stereocenters. The van der Waals surface area contributed by atoms with Gasteiger partial charge in [-0.05, 0) is 55.8 Å². The second kappa shape index (κ2) is 3.61. The van der Waals surface area contributed by atoms with Crippen molar-refractivity contribution in [1.82, 2.24) is 0 Å². The van der Waals surface area contributed by atoms with E-state index in [4.69, 9.17) is 0 Å². The zero-order valence-corrected chi connectivity index (χ0v) is 10.4. The Balaban J connectivity index is 2.05. The number of carbonyl (C=O) groups excluding carboxylic acids is 1. The van der Waals surface area contributed by atoms with E-state index in [-0.39, 0.29) is 0 Å². The fourth-order valence-electron chi connectivity index (χ4n) is 3.88. The quantitative estimate of drug-likeness (QED) is 0.686. The fourth-order valence-corrected chi connectivity index (χ4v) is 3.88. The molecule has 0 heterocycles. The average molecular weight is 208 g/mol. The predicted octanol–water partition coefficient (Wildman–Crippen LogP) is 3.96. The van der Waals surface area contributed by atoms with Crippen LogP contribution >= 0.6 is 0 Å². The molecule has 0 aromatic carbocycles. The Morgan fingerprint density at radius 2 is 1.87 bits per heavy atom. The Morgan fingerprint density at radius 1 is 1.20 bits per heavy atom. The molecule has 86 valence electrons. The maximum absolute atomic E-state index is 11.1. The lowest BCUT2D eigenvalue weighted by Crippen LogP contribution is -2.36. The molecule has 0 saturated heterocycles. The minimum absolute atomic E-state index is 0.368. The molecule has 2 aliphatic carbocycles. The molecular formula is C14H24O. The highest BCUT2D eigenvalue weighted by atomic mass is 16.1. The van der Waals surface area contributed by atoms with Crippen LogP contribution in [0.15, 0.2) is 0 Å². The molecule has 2 aliphatic rings. The van der Waals surface area contributed by atoms with Gasteiger partial charge in [0.25, 0.3) is 0 Å². The lowest BCUT2D eigenvalue weighted by atomic mass is 9.60. The lowest BCUT2D eigenvalue weighted by molar-refractivity contribution is -0.117. The van der Waals surface area contributed by atoms with E-state index in [9.17, 15) is 4.79 Å². The van der Waals surface area contributed by atoms with E-state index in [2.05, 4.69) is 13.8 Å². The van der Waals surface area contributed by atoms with Crippen molar-refractivity contribution >= 4 is 5.78 Å². The molecule has 0 aromatic heterocycles. The number of hydrogen-bond acceptors (Lipinski definition) is 1. The molecule has 0 radical (unpaired) electrons. The molecule has 2 saturated carbocycles. The second-order valence-electron chi connectivity index (χ2n) is 6.50. The summed E-state index contributed by atoms with van der Waals surface area (Å²) in [7, 11) is 0. The molecule has 1 spiro atoms. The largest absolute Gasteiger partial charge is 0.300 e. The number of rotatable bonds is 3. The Hall–Kier alpha value is -0.330. The molecule has 15 heavy (non-hydrogen) atoms. The van der Waals surface area contributed by atoms with Crippen molar-refractivity contribution in [2.45, 2.75) is 65.7 Å². The summed E-state index contributed by atoms with van der Waals surface area (Å²) in [5.74, 6) is 1.18. The average Bonchev–Trinajstić information content (AvgIpc) is 2.83. The van der Waals surface area contributed by atoms with Gasteiger partial charge in [-0.15, -0.1) is 0 Å². The van der Waals surface area contributed by atoms with Crippen molar-refractivity contribution in [3.8, 4) is 0 Å². The lowest BCUT2D eigenvalue weighted by Gasteiger charge is -2.45. The number of Topliss-reactive ketones (excluding diaryl/α,β-unsaturated/α-hetero) is 1. The zero-order valence-electron chi connectivity index (χ0n) is 10.4. The Bertz CT molecular complexity index is 255. The molecule has 0 bridgehead atoms. The van der Waals surface area contributed by atoms with Gasteiger partial charge in [0.2, 0.25) is 0 Å². The van der Waals surface area contributed by atoms with Crippen LogP contribution in [-0.4, -0.2) is 5.78 Å². The Labute approximate surface area is 93.6 Å². The summed E-state index contributed by atoms with van der Waals surface area (Å²) < 4.78 is 0. The van der Waals surface area contributed by atoms with Crippen molar-refractivity contribution in [1.29, 1.82) is 0 Å². The number of hydrogen-bond donors (Lipinski definition) is 0. The van der Waals surface area contributed by atoms with Gasteiger partial charge >= 0.3 is 0 Å². The highest BCUT2D eigenvalue weighted by Gasteiger charge is 2.55. The summed E-state index contributed by atoms with van der Waals surface area (Å²) in [5, 5.41) is 0. The van der Waals surface area contributed by atoms with Gasteiger partial charge < -0.3 is 4.79 Å². The van der Waals surface area contributed by atoms with Crippen LogP contribution < -0.4 is 0 Å². The maximum atomic E-state index is 11.1. The normalized spacial score (nSPS) is 31.5. The first kappa shape index (κ1) is 11.2. The predicted molar refractivity (Wildman–Crippen MR) is 62.7 cm³/mol. The van der Waals surface area contributed by atoms with Gasteiger partial charge in [0.1, 0.15) is 5.78 Å². The monoisotopic (exact) mass is 208 g/mol. The van der Waals surface area contributed by atoms with Crippen LogP contribution in [0.1, 0.15) is 65.7 Å². The number of ketones is 1. The maximum Gasteiger partial charge on any atom is 0.129 e. The number of carbonyl (C=O) groups is 1. The van der Waals surface area contributed by atoms with Gasteiger partial charge in [0, 0.05) is 6.42 Å². The molecule has 2 fully saturated rings. The molecule has 2 rings (SSSR count). The first-order valence-corrected chi connectivity index (χ1v) is 6.46. The molecule has 0 amide bonds. The van der Waals surface area contributed by atoms with Crippen LogP contribution in [0.5, 0.6) is 0 Å². The first-order valence-electron chi connectivity index (χ1n) is 6.46. The van der Waals surface area contributed by atoms with Crippen molar-refractivity contribution in [2.75, 3.05) is 0 Å². The van der Waals surface area contributed by atoms with Crippen LogP contribution in [0.25, 0.3) is 0 Å². The van der Waals surface area contributed by atoms with Crippen molar-refractivity contribution in [2.24, 2.45) is 16.7 Å². The standard InChI is InChI=1S/C14H24O/c1-11(15)5-6-12-13(2,3)7-4-8-14(12)9-10-14/h12H,4-10H2,1-3H3. The van der Waals surface area contributed by atoms with Crippen LogP contribution in [0, 0.1) is 16.7 Å². The Morgan fingerprint density at radius 3 is 2.40 bits per heavy atom. The van der Waals surface area contributed by atoms with Crippen molar-refractivity contribution in [3.05, 3.63) is 0 Å². The smallest absolute Gasteiger partial charge is 0.129 e. The summed E-state index contributed by atoms with van der Waals surface area (Å²) in [6, 6.07) is 0. The molecule has 1 atom stereocenters. The highest BCUT2D eigenvalue weighted by Crippen LogP contribution is 2.65. The van der Waals surface area contributed by atoms with E-state index in [0.29, 0.717) is 16.6 Å². The molecule has 1 heteroatoms. The van der Waals surface area contributed by atoms with Gasteiger partial charge in [-0.3, -0.25) is 0 Å². The third kappa shape index (κ3) is 2.11. The van der Waals surface area contributed by atoms with Crippen molar-refractivity contribution < 1.29 is 4.79 Å². The summed E-state index contributed by atoms with van der Waals surface area (Å²) in [5.41, 5.74) is 1.14. The summed E-state index contributed by atoms with van der Waals surface area (Å²) in [6.07, 6.45) is 9.00. The van der Waals surface area contributed by atoms with Crippen LogP contribution in [0.4, 0.5) is 0 Å². The zero-order chi connectivity index (χ0) is 11.1. The second-order valence-corrected chi connectivity index (χ2v) is 6.50. The molecule has 0 aliphatic heterocycles. The summed E-state index contributed by atoms with van der Waals surface area (Å²) in [6.45, 7) is 6.56. The van der Waals surface area contributed by atoms with E-state index >= 15 is 0 Å².